The third kappa shape index (κ3) is 3.12. The van der Waals surface area contributed by atoms with Crippen molar-refractivity contribution in [1.82, 2.24) is 4.67 Å². The summed E-state index contributed by atoms with van der Waals surface area (Å²) in [5, 5.41) is 0. The largest absolute Gasteiger partial charge is 0.426 e. The van der Waals surface area contributed by atoms with Gasteiger partial charge < -0.3 is 9.05 Å². The van der Waals surface area contributed by atoms with E-state index in [1.54, 1.807) is 0 Å². The summed E-state index contributed by atoms with van der Waals surface area (Å²) in [6.07, 6.45) is 4.38. The third-order valence-corrected chi connectivity index (χ3v) is 9.25. The van der Waals surface area contributed by atoms with Gasteiger partial charge in [-0.25, -0.2) is 4.67 Å². The second-order valence-corrected chi connectivity index (χ2v) is 11.7. The van der Waals surface area contributed by atoms with Crippen LogP contribution in [-0.4, -0.2) is 18.8 Å². The molecule has 0 atom stereocenters. The van der Waals surface area contributed by atoms with E-state index in [0.29, 0.717) is 0 Å². The highest BCUT2D eigenvalue weighted by Crippen LogP contribution is 2.64. The molecule has 4 aromatic carbocycles. The molecule has 0 aromatic heterocycles. The molecule has 2 aliphatic carbocycles. The molecule has 4 aromatic rings. The van der Waals surface area contributed by atoms with E-state index in [1.807, 2.05) is 0 Å². The van der Waals surface area contributed by atoms with Gasteiger partial charge in [0.15, 0.2) is 0 Å². The Kier molecular flexibility index (Phi) is 4.81. The predicted molar refractivity (Wildman–Crippen MR) is 143 cm³/mol. The van der Waals surface area contributed by atoms with Gasteiger partial charge in [0.05, 0.1) is 0 Å². The number of hydrogen-bond acceptors (Lipinski definition) is 3. The molecule has 4 heteroatoms. The Morgan fingerprint density at radius 3 is 1.51 bits per heavy atom. The highest BCUT2D eigenvalue weighted by molar-refractivity contribution is 7.45. The number of benzene rings is 4. The molecule has 0 N–H and O–H groups in total. The van der Waals surface area contributed by atoms with Crippen molar-refractivity contribution in [3.05, 3.63) is 107 Å². The molecule has 35 heavy (non-hydrogen) atoms. The van der Waals surface area contributed by atoms with E-state index in [2.05, 4.69) is 104 Å². The van der Waals surface area contributed by atoms with E-state index >= 15 is 0 Å². The molecule has 1 aliphatic heterocycles. The average molecular weight is 478 g/mol. The summed E-state index contributed by atoms with van der Waals surface area (Å²) in [5.74, 6) is 2.05. The van der Waals surface area contributed by atoms with Crippen LogP contribution >= 0.6 is 8.53 Å². The molecular weight excluding hydrogens is 449 g/mol. The van der Waals surface area contributed by atoms with Gasteiger partial charge >= 0.3 is 8.53 Å². The second-order valence-electron chi connectivity index (χ2n) is 10.0. The third-order valence-electron chi connectivity index (χ3n) is 7.92. The lowest BCUT2D eigenvalue weighted by Crippen LogP contribution is -2.26. The molecular formula is C31H28NO2P. The molecule has 0 radical (unpaired) electrons. The molecule has 3 aliphatic rings. The van der Waals surface area contributed by atoms with Crippen molar-refractivity contribution in [3.8, 4) is 33.8 Å². The van der Waals surface area contributed by atoms with Crippen LogP contribution < -0.4 is 9.05 Å². The average Bonchev–Trinajstić information content (AvgIpc) is 3.45. The minimum atomic E-state index is -1.34. The summed E-state index contributed by atoms with van der Waals surface area (Å²) >= 11 is 0. The summed E-state index contributed by atoms with van der Waals surface area (Å²) in [6, 6.07) is 30.5. The summed E-state index contributed by atoms with van der Waals surface area (Å²) in [6.45, 7) is 0. The van der Waals surface area contributed by atoms with Crippen LogP contribution in [0.3, 0.4) is 0 Å². The molecule has 0 fully saturated rings. The van der Waals surface area contributed by atoms with Crippen LogP contribution in [-0.2, 0) is 18.3 Å². The lowest BCUT2D eigenvalue weighted by atomic mass is 9.74. The fraction of sp³-hybridized carbons (Fsp3) is 0.226. The van der Waals surface area contributed by atoms with Crippen molar-refractivity contribution in [2.45, 2.75) is 31.1 Å². The molecule has 0 saturated carbocycles. The van der Waals surface area contributed by atoms with Gasteiger partial charge in [0.1, 0.15) is 11.5 Å². The molecule has 0 saturated heterocycles. The maximum absolute atomic E-state index is 6.94. The van der Waals surface area contributed by atoms with Crippen LogP contribution in [0.1, 0.15) is 35.1 Å². The molecule has 3 nitrogen and oxygen atoms in total. The van der Waals surface area contributed by atoms with Gasteiger partial charge in [0, 0.05) is 27.7 Å². The SMILES string of the molecule is CN(C)P1Oc2c(-c3ccccc3)ccc3c2C2(CC3)CCc3ccc(-c4ccccc4)c(c32)O1. The van der Waals surface area contributed by atoms with Gasteiger partial charge in [-0.3, -0.25) is 0 Å². The first-order valence-corrected chi connectivity index (χ1v) is 13.6. The fourth-order valence-electron chi connectivity index (χ4n) is 6.38. The van der Waals surface area contributed by atoms with Crippen LogP contribution in [0.15, 0.2) is 84.9 Å². The first-order valence-electron chi connectivity index (χ1n) is 12.4. The first kappa shape index (κ1) is 21.2. The van der Waals surface area contributed by atoms with Crippen LogP contribution in [0.25, 0.3) is 22.3 Å². The van der Waals surface area contributed by atoms with Gasteiger partial charge in [-0.05, 0) is 62.0 Å². The standard InChI is InChI=1S/C31H28NO2P/c1-32(2)35-33-29-25(21-9-5-3-6-10-21)15-13-23-17-19-31(27(23)29)20-18-24-14-16-26(30(34-35)28(24)31)22-11-7-4-8-12-22/h3-16H,17-20H2,1-2H3. The van der Waals surface area contributed by atoms with Crippen molar-refractivity contribution < 1.29 is 9.05 Å². The Labute approximate surface area is 208 Å². The van der Waals surface area contributed by atoms with Crippen molar-refractivity contribution in [3.63, 3.8) is 0 Å². The maximum atomic E-state index is 6.94. The van der Waals surface area contributed by atoms with Crippen LogP contribution in [0.4, 0.5) is 0 Å². The molecule has 174 valence electrons. The van der Waals surface area contributed by atoms with Crippen molar-refractivity contribution in [2.24, 2.45) is 0 Å². The van der Waals surface area contributed by atoms with Gasteiger partial charge in [0.2, 0.25) is 0 Å². The van der Waals surface area contributed by atoms with Gasteiger partial charge in [0.25, 0.3) is 0 Å². The highest BCUT2D eigenvalue weighted by atomic mass is 31.2. The number of rotatable bonds is 3. The quantitative estimate of drug-likeness (QED) is 0.282. The zero-order valence-electron chi connectivity index (χ0n) is 20.1. The first-order chi connectivity index (χ1) is 17.2. The Morgan fingerprint density at radius 1 is 0.629 bits per heavy atom. The topological polar surface area (TPSA) is 21.7 Å². The van der Waals surface area contributed by atoms with Crippen LogP contribution in [0, 0.1) is 0 Å². The van der Waals surface area contributed by atoms with E-state index in [-0.39, 0.29) is 5.41 Å². The lowest BCUT2D eigenvalue weighted by Gasteiger charge is -2.37. The zero-order chi connectivity index (χ0) is 23.6. The van der Waals surface area contributed by atoms with Gasteiger partial charge in [-0.15, -0.1) is 0 Å². The van der Waals surface area contributed by atoms with Crippen molar-refractivity contribution >= 4 is 8.53 Å². The van der Waals surface area contributed by atoms with E-state index in [0.717, 1.165) is 37.2 Å². The number of hydrogen-bond donors (Lipinski definition) is 0. The minimum Gasteiger partial charge on any atom is -0.426 e. The monoisotopic (exact) mass is 477 g/mol. The maximum Gasteiger partial charge on any atom is 0.384 e. The smallest absolute Gasteiger partial charge is 0.384 e. The normalized spacial score (nSPS) is 17.2. The van der Waals surface area contributed by atoms with Crippen LogP contribution in [0.5, 0.6) is 11.5 Å². The molecule has 1 heterocycles. The van der Waals surface area contributed by atoms with E-state index < -0.39 is 8.53 Å². The molecule has 0 unspecified atom stereocenters. The number of nitrogens with zero attached hydrogens (tertiary/aromatic N) is 1. The summed E-state index contributed by atoms with van der Waals surface area (Å²) < 4.78 is 16.0. The molecule has 1 spiro atoms. The minimum absolute atomic E-state index is 0.0569. The Balaban J connectivity index is 1.55. The van der Waals surface area contributed by atoms with Crippen LogP contribution in [0.2, 0.25) is 0 Å². The summed E-state index contributed by atoms with van der Waals surface area (Å²) in [7, 11) is 2.77. The molecule has 7 rings (SSSR count). The van der Waals surface area contributed by atoms with Gasteiger partial charge in [-0.1, -0.05) is 84.9 Å². The second kappa shape index (κ2) is 7.95. The number of aryl methyl sites for hydroxylation is 2. The Bertz CT molecular complexity index is 1320. The van der Waals surface area contributed by atoms with Gasteiger partial charge in [-0.2, -0.15) is 0 Å². The Morgan fingerprint density at radius 2 is 1.09 bits per heavy atom. The van der Waals surface area contributed by atoms with Crippen molar-refractivity contribution in [1.29, 1.82) is 0 Å². The zero-order valence-corrected chi connectivity index (χ0v) is 21.0. The highest BCUT2D eigenvalue weighted by Gasteiger charge is 2.51. The predicted octanol–water partition coefficient (Wildman–Crippen LogP) is 7.76. The summed E-state index contributed by atoms with van der Waals surface area (Å²) in [5.41, 5.74) is 10.3. The van der Waals surface area contributed by atoms with Crippen molar-refractivity contribution in [2.75, 3.05) is 14.1 Å². The fourth-order valence-corrected chi connectivity index (χ4v) is 7.43. The van der Waals surface area contributed by atoms with E-state index in [9.17, 15) is 0 Å². The van der Waals surface area contributed by atoms with E-state index in [1.165, 1.54) is 44.5 Å². The molecule has 0 amide bonds. The Hall–Kier alpha value is -3.13. The summed E-state index contributed by atoms with van der Waals surface area (Å²) in [4.78, 5) is 0. The molecule has 0 bridgehead atoms. The van der Waals surface area contributed by atoms with E-state index in [4.69, 9.17) is 9.05 Å². The lowest BCUT2D eigenvalue weighted by molar-refractivity contribution is 0.388.